The maximum Gasteiger partial charge on any atom is 1.00 e. The average Bonchev–Trinajstić information content (AvgIpc) is 2.67. The Hall–Kier alpha value is -1.46. The van der Waals surface area contributed by atoms with Crippen LogP contribution in [0, 0.1) is 0 Å². The number of hydrogen-bond donors (Lipinski definition) is 0. The third-order valence-corrected chi connectivity index (χ3v) is 4.45. The van der Waals surface area contributed by atoms with Gasteiger partial charge in [0.15, 0.2) is 0 Å². The van der Waals surface area contributed by atoms with Crippen LogP contribution in [0.1, 0.15) is 23.2 Å². The van der Waals surface area contributed by atoms with Gasteiger partial charge in [-0.1, -0.05) is 36.6 Å². The summed E-state index contributed by atoms with van der Waals surface area (Å²) in [6.45, 7) is 7.65. The molecule has 26 heavy (non-hydrogen) atoms. The van der Waals surface area contributed by atoms with Gasteiger partial charge >= 0.3 is 58.2 Å². The minimum absolute atomic E-state index is 0. The second kappa shape index (κ2) is 8.05. The van der Waals surface area contributed by atoms with E-state index in [2.05, 4.69) is 35.3 Å². The van der Waals surface area contributed by atoms with E-state index in [0.717, 1.165) is 40.7 Å². The number of aryl methyl sites for hydroxylation is 1. The molecule has 0 radical (unpaired) electrons. The van der Waals surface area contributed by atoms with Crippen molar-refractivity contribution >= 4 is 33.6 Å². The molecule has 0 spiro atoms. The second-order valence-corrected chi connectivity index (χ2v) is 6.01. The minimum atomic E-state index is -0.319. The number of aromatic nitrogens is 2. The number of fused-ring (bicyclic) bond motifs is 3. The summed E-state index contributed by atoms with van der Waals surface area (Å²) in [5, 5.41) is 12.8. The molecule has 4 nitrogen and oxygen atoms in total. The fourth-order valence-corrected chi connectivity index (χ4v) is 3.19. The molecule has 0 fully saturated rings. The van der Waals surface area contributed by atoms with Gasteiger partial charge in [0.05, 0.1) is 16.9 Å². The van der Waals surface area contributed by atoms with Crippen LogP contribution in [0.4, 0.5) is 5.69 Å². The van der Waals surface area contributed by atoms with E-state index in [1.807, 2.05) is 18.2 Å². The van der Waals surface area contributed by atoms with Crippen LogP contribution in [-0.2, 0) is 6.42 Å². The van der Waals surface area contributed by atoms with Crippen LogP contribution in [0.25, 0.3) is 22.2 Å². The van der Waals surface area contributed by atoms with Gasteiger partial charge in [-0.25, -0.2) is 0 Å². The van der Waals surface area contributed by atoms with Crippen LogP contribution < -0.4 is 63.3 Å². The van der Waals surface area contributed by atoms with Crippen molar-refractivity contribution < 1.29 is 63.3 Å². The summed E-state index contributed by atoms with van der Waals surface area (Å²) in [6, 6.07) is 11.8. The molecule has 1 aliphatic heterocycles. The van der Waals surface area contributed by atoms with Gasteiger partial charge in [0.2, 0.25) is 0 Å². The van der Waals surface area contributed by atoms with Gasteiger partial charge in [0.25, 0.3) is 0 Å². The van der Waals surface area contributed by atoms with Crippen molar-refractivity contribution in [1.82, 2.24) is 9.97 Å². The first-order valence-electron chi connectivity index (χ1n) is 8.10. The first-order valence-corrected chi connectivity index (χ1v) is 8.10. The van der Waals surface area contributed by atoms with E-state index >= 15 is 0 Å². The molecule has 0 unspecified atom stereocenters. The SMILES string of the molecule is C=C(C1=Nc2c(ccc3cccnc23)CC1)c1cccnc1C(=C)[O-].[Rb+]. The van der Waals surface area contributed by atoms with E-state index in [-0.39, 0.29) is 63.9 Å². The molecule has 2 aromatic heterocycles. The van der Waals surface area contributed by atoms with Crippen molar-refractivity contribution in [3.63, 3.8) is 0 Å². The van der Waals surface area contributed by atoms with Crippen molar-refractivity contribution in [3.8, 4) is 0 Å². The molecule has 0 N–H and O–H groups in total. The third-order valence-electron chi connectivity index (χ3n) is 4.45. The predicted molar refractivity (Wildman–Crippen MR) is 99.5 cm³/mol. The quantitative estimate of drug-likeness (QED) is 0.596. The van der Waals surface area contributed by atoms with Gasteiger partial charge in [-0.15, -0.1) is 6.58 Å². The summed E-state index contributed by atoms with van der Waals surface area (Å²) in [7, 11) is 0. The largest absolute Gasteiger partial charge is 1.00 e. The molecular weight excluding hydrogens is 396 g/mol. The minimum Gasteiger partial charge on any atom is -0.871 e. The Bertz CT molecular complexity index is 1060. The molecule has 1 aliphatic rings. The molecule has 3 heterocycles. The number of rotatable bonds is 3. The van der Waals surface area contributed by atoms with Crippen molar-refractivity contribution in [3.05, 3.63) is 78.8 Å². The van der Waals surface area contributed by atoms with E-state index in [9.17, 15) is 5.11 Å². The Morgan fingerprint density at radius 1 is 0.962 bits per heavy atom. The monoisotopic (exact) mass is 411 g/mol. The van der Waals surface area contributed by atoms with E-state index < -0.39 is 0 Å². The van der Waals surface area contributed by atoms with Gasteiger partial charge in [-0.2, -0.15) is 0 Å². The van der Waals surface area contributed by atoms with Gasteiger partial charge in [-0.3, -0.25) is 15.0 Å². The molecule has 0 atom stereocenters. The summed E-state index contributed by atoms with van der Waals surface area (Å²) in [5.74, 6) is -0.319. The summed E-state index contributed by atoms with van der Waals surface area (Å²) in [5.41, 5.74) is 5.58. The van der Waals surface area contributed by atoms with Crippen molar-refractivity contribution in [2.75, 3.05) is 0 Å². The Labute approximate surface area is 201 Å². The number of benzene rings is 1. The molecule has 0 saturated carbocycles. The van der Waals surface area contributed by atoms with Crippen LogP contribution >= 0.6 is 0 Å². The normalized spacial score (nSPS) is 12.7. The molecular formula is C21H16N3ORb. The third kappa shape index (κ3) is 3.51. The standard InChI is InChI=1S/C21H17N3O.Rb/c1-13(17-6-4-12-22-19(17)14(2)25)18-10-9-16-8-7-15-5-3-11-23-20(15)21(16)24-18;/h3-8,11-12,25H,1-2,9-10H2;/q;+1/p-1. The van der Waals surface area contributed by atoms with Gasteiger partial charge in [-0.05, 0) is 36.1 Å². The zero-order valence-electron chi connectivity index (χ0n) is 14.7. The van der Waals surface area contributed by atoms with E-state index in [1.165, 1.54) is 5.56 Å². The zero-order chi connectivity index (χ0) is 17.4. The molecule has 0 bridgehead atoms. The van der Waals surface area contributed by atoms with Crippen LogP contribution in [-0.4, -0.2) is 15.7 Å². The number of allylic oxidation sites excluding steroid dienone is 1. The first kappa shape index (κ1) is 19.3. The van der Waals surface area contributed by atoms with Crippen LogP contribution in [0.3, 0.4) is 0 Å². The van der Waals surface area contributed by atoms with Crippen LogP contribution in [0.2, 0.25) is 0 Å². The predicted octanol–water partition coefficient (Wildman–Crippen LogP) is 0.697. The number of pyridine rings is 2. The maximum absolute atomic E-state index is 11.8. The maximum atomic E-state index is 11.8. The summed E-state index contributed by atoms with van der Waals surface area (Å²) >= 11 is 0. The van der Waals surface area contributed by atoms with Crippen molar-refractivity contribution in [1.29, 1.82) is 0 Å². The fourth-order valence-electron chi connectivity index (χ4n) is 3.19. The summed E-state index contributed by atoms with van der Waals surface area (Å²) < 4.78 is 0. The summed E-state index contributed by atoms with van der Waals surface area (Å²) in [4.78, 5) is 13.5. The molecule has 3 aromatic rings. The first-order chi connectivity index (χ1) is 12.1. The van der Waals surface area contributed by atoms with E-state index in [4.69, 9.17) is 4.99 Å². The molecule has 0 amide bonds. The molecule has 0 saturated heterocycles. The van der Waals surface area contributed by atoms with Crippen LogP contribution in [0.15, 0.2) is 66.9 Å². The van der Waals surface area contributed by atoms with Crippen LogP contribution in [0.5, 0.6) is 0 Å². The molecule has 122 valence electrons. The Morgan fingerprint density at radius 3 is 2.54 bits per heavy atom. The Balaban J connectivity index is 0.00000196. The van der Waals surface area contributed by atoms with Gasteiger partial charge in [0, 0.05) is 29.1 Å². The van der Waals surface area contributed by atoms with E-state index in [1.54, 1.807) is 18.5 Å². The topological polar surface area (TPSA) is 61.2 Å². The van der Waals surface area contributed by atoms with Crippen molar-refractivity contribution in [2.24, 2.45) is 4.99 Å². The molecule has 0 aliphatic carbocycles. The van der Waals surface area contributed by atoms with Gasteiger partial charge < -0.3 is 5.11 Å². The van der Waals surface area contributed by atoms with Gasteiger partial charge in [0.1, 0.15) is 0 Å². The number of nitrogens with zero attached hydrogens (tertiary/aromatic N) is 3. The Morgan fingerprint density at radius 2 is 1.73 bits per heavy atom. The smallest absolute Gasteiger partial charge is 0.871 e. The molecule has 1 aromatic carbocycles. The fraction of sp³-hybridized carbons (Fsp3) is 0.0952. The zero-order valence-corrected chi connectivity index (χ0v) is 19.6. The van der Waals surface area contributed by atoms with E-state index in [0.29, 0.717) is 11.3 Å². The second-order valence-electron chi connectivity index (χ2n) is 6.01. The van der Waals surface area contributed by atoms with Crippen molar-refractivity contribution in [2.45, 2.75) is 12.8 Å². The Kier molecular flexibility index (Phi) is 5.97. The molecule has 4 rings (SSSR count). The number of hydrogen-bond acceptors (Lipinski definition) is 4. The summed E-state index contributed by atoms with van der Waals surface area (Å²) in [6.07, 6.45) is 5.00. The molecule has 5 heteroatoms. The number of aliphatic imine (C=N–C) groups is 1. The average molecular weight is 412 g/mol.